The molecule has 0 aromatic rings. The first-order chi connectivity index (χ1) is 10.3. The van der Waals surface area contributed by atoms with Gasteiger partial charge in [0.05, 0.1) is 12.0 Å². The van der Waals surface area contributed by atoms with Crippen LogP contribution in [-0.4, -0.2) is 53.0 Å². The second-order valence-electron chi connectivity index (χ2n) is 9.13. The van der Waals surface area contributed by atoms with E-state index in [2.05, 4.69) is 0 Å². The Labute approximate surface area is 138 Å². The number of esters is 1. The molecule has 0 unspecified atom stereocenters. The highest BCUT2D eigenvalue weighted by Crippen LogP contribution is 2.59. The van der Waals surface area contributed by atoms with Crippen molar-refractivity contribution in [3.05, 3.63) is 0 Å². The van der Waals surface area contributed by atoms with E-state index >= 15 is 0 Å². The molecule has 6 heteroatoms. The first-order valence-corrected chi connectivity index (χ1v) is 8.12. The van der Waals surface area contributed by atoms with Crippen molar-refractivity contribution in [3.63, 3.8) is 0 Å². The van der Waals surface area contributed by atoms with Crippen molar-refractivity contribution < 1.29 is 24.2 Å². The average molecular weight is 327 g/mol. The molecule has 3 rings (SSSR count). The minimum absolute atomic E-state index is 0.0448. The molecule has 0 spiro atoms. The normalized spacial score (nSPS) is 30.5. The minimum Gasteiger partial charge on any atom is -0.459 e. The molecule has 132 valence electrons. The highest BCUT2D eigenvalue weighted by molar-refractivity contribution is 5.81. The Hall–Kier alpha value is -1.30. The third-order valence-electron chi connectivity index (χ3n) is 4.27. The molecule has 1 saturated carbocycles. The van der Waals surface area contributed by atoms with Crippen LogP contribution in [0.2, 0.25) is 0 Å². The van der Waals surface area contributed by atoms with Gasteiger partial charge in [-0.15, -0.1) is 0 Å². The third kappa shape index (κ3) is 3.79. The van der Waals surface area contributed by atoms with Crippen LogP contribution in [0.25, 0.3) is 0 Å². The zero-order valence-corrected chi connectivity index (χ0v) is 15.1. The van der Waals surface area contributed by atoms with Gasteiger partial charge in [-0.25, -0.2) is 4.79 Å². The fourth-order valence-electron chi connectivity index (χ4n) is 3.65. The Balaban J connectivity index is 2.15. The molecular formula is C17H29NO5. The predicted octanol–water partition coefficient (Wildman–Crippen LogP) is 2.34. The summed E-state index contributed by atoms with van der Waals surface area (Å²) in [5.74, 6) is -0.290. The Bertz CT molecular complexity index is 489. The van der Waals surface area contributed by atoms with E-state index in [9.17, 15) is 14.7 Å². The predicted molar refractivity (Wildman–Crippen MR) is 84.8 cm³/mol. The molecule has 0 aromatic carbocycles. The van der Waals surface area contributed by atoms with E-state index in [1.54, 1.807) is 25.7 Å². The molecule has 1 aliphatic carbocycles. The molecule has 3 fully saturated rings. The lowest BCUT2D eigenvalue weighted by atomic mass is 9.50. The van der Waals surface area contributed by atoms with Crippen LogP contribution >= 0.6 is 0 Å². The lowest BCUT2D eigenvalue weighted by molar-refractivity contribution is -0.205. The van der Waals surface area contributed by atoms with Crippen molar-refractivity contribution in [2.45, 2.75) is 65.6 Å². The number of piperidine rings is 2. The largest absolute Gasteiger partial charge is 0.459 e. The van der Waals surface area contributed by atoms with Crippen molar-refractivity contribution in [3.8, 4) is 0 Å². The summed E-state index contributed by atoms with van der Waals surface area (Å²) >= 11 is 0. The van der Waals surface area contributed by atoms with Crippen LogP contribution in [0.1, 0.15) is 54.4 Å². The number of carbonyl (C=O) groups is 2. The van der Waals surface area contributed by atoms with E-state index < -0.39 is 28.1 Å². The standard InChI is InChI=1S/C17H29NO5/c1-14(2,3)22-12(20)17-7-16(8-17,11-19)9-18(10-17)13(21)23-15(4,5)6/h19H,7-11H2,1-6H3. The molecule has 2 saturated heterocycles. The fourth-order valence-corrected chi connectivity index (χ4v) is 3.65. The summed E-state index contributed by atoms with van der Waals surface area (Å²) in [6, 6.07) is 0. The lowest BCUT2D eigenvalue weighted by Crippen LogP contribution is -2.68. The van der Waals surface area contributed by atoms with E-state index in [-0.39, 0.29) is 12.6 Å². The van der Waals surface area contributed by atoms with Gasteiger partial charge in [-0.2, -0.15) is 0 Å². The molecule has 2 aliphatic heterocycles. The van der Waals surface area contributed by atoms with Gasteiger partial charge in [0.2, 0.25) is 0 Å². The quantitative estimate of drug-likeness (QED) is 0.788. The lowest BCUT2D eigenvalue weighted by Gasteiger charge is -2.61. The second kappa shape index (κ2) is 5.36. The van der Waals surface area contributed by atoms with Gasteiger partial charge in [0.1, 0.15) is 11.2 Å². The molecular weight excluding hydrogens is 298 g/mol. The average Bonchev–Trinajstić information content (AvgIpc) is 2.33. The molecule has 2 heterocycles. The summed E-state index contributed by atoms with van der Waals surface area (Å²) in [6.07, 6.45) is 0.678. The topological polar surface area (TPSA) is 76.1 Å². The summed E-state index contributed by atoms with van der Waals surface area (Å²) in [5.41, 5.74) is -2.29. The maximum Gasteiger partial charge on any atom is 0.410 e. The maximum atomic E-state index is 12.6. The molecule has 3 aliphatic rings. The number of rotatable bonds is 2. The van der Waals surface area contributed by atoms with Gasteiger partial charge >= 0.3 is 12.1 Å². The second-order valence-corrected chi connectivity index (χ2v) is 9.13. The molecule has 0 radical (unpaired) electrons. The van der Waals surface area contributed by atoms with Crippen molar-refractivity contribution in [2.24, 2.45) is 10.8 Å². The molecule has 0 aromatic heterocycles. The summed E-state index contributed by atoms with van der Waals surface area (Å²) in [4.78, 5) is 26.5. The summed E-state index contributed by atoms with van der Waals surface area (Å²) < 4.78 is 11.0. The van der Waals surface area contributed by atoms with Crippen LogP contribution < -0.4 is 0 Å². The summed E-state index contributed by atoms with van der Waals surface area (Å²) in [6.45, 7) is 11.6. The van der Waals surface area contributed by atoms with E-state index in [4.69, 9.17) is 9.47 Å². The number of hydrogen-bond donors (Lipinski definition) is 1. The Morgan fingerprint density at radius 3 is 1.96 bits per heavy atom. The Morgan fingerprint density at radius 1 is 1.00 bits per heavy atom. The number of aliphatic hydroxyl groups excluding tert-OH is 1. The van der Waals surface area contributed by atoms with Gasteiger partial charge in [0, 0.05) is 18.5 Å². The van der Waals surface area contributed by atoms with Crippen LogP contribution in [0.15, 0.2) is 0 Å². The molecule has 23 heavy (non-hydrogen) atoms. The van der Waals surface area contributed by atoms with Crippen molar-refractivity contribution in [2.75, 3.05) is 19.7 Å². The zero-order chi connectivity index (χ0) is 17.7. The van der Waals surface area contributed by atoms with Gasteiger partial charge in [0.15, 0.2) is 0 Å². The summed E-state index contributed by atoms with van der Waals surface area (Å²) in [7, 11) is 0. The number of amides is 1. The minimum atomic E-state index is -0.717. The zero-order valence-electron chi connectivity index (χ0n) is 15.1. The smallest absolute Gasteiger partial charge is 0.410 e. The number of nitrogens with zero attached hydrogens (tertiary/aromatic N) is 1. The molecule has 6 nitrogen and oxygen atoms in total. The van der Waals surface area contributed by atoms with Crippen molar-refractivity contribution >= 4 is 12.1 Å². The van der Waals surface area contributed by atoms with E-state index in [1.807, 2.05) is 20.8 Å². The number of ether oxygens (including phenoxy) is 2. The first-order valence-electron chi connectivity index (χ1n) is 8.12. The number of hydrogen-bond acceptors (Lipinski definition) is 5. The maximum absolute atomic E-state index is 12.6. The van der Waals surface area contributed by atoms with E-state index in [1.165, 1.54) is 0 Å². The number of carbonyl (C=O) groups excluding carboxylic acids is 2. The van der Waals surface area contributed by atoms with E-state index in [0.29, 0.717) is 25.9 Å². The van der Waals surface area contributed by atoms with Gasteiger partial charge in [-0.3, -0.25) is 4.79 Å². The van der Waals surface area contributed by atoms with Crippen LogP contribution in [0, 0.1) is 10.8 Å². The molecule has 1 amide bonds. The van der Waals surface area contributed by atoms with E-state index in [0.717, 1.165) is 0 Å². The molecule has 0 atom stereocenters. The molecule has 2 bridgehead atoms. The van der Waals surface area contributed by atoms with Crippen molar-refractivity contribution in [1.82, 2.24) is 4.90 Å². The third-order valence-corrected chi connectivity index (χ3v) is 4.27. The van der Waals surface area contributed by atoms with Gasteiger partial charge in [0.25, 0.3) is 0 Å². The highest BCUT2D eigenvalue weighted by Gasteiger charge is 2.65. The van der Waals surface area contributed by atoms with Crippen molar-refractivity contribution in [1.29, 1.82) is 0 Å². The summed E-state index contributed by atoms with van der Waals surface area (Å²) in [5, 5.41) is 9.72. The fraction of sp³-hybridized carbons (Fsp3) is 0.882. The first kappa shape index (κ1) is 18.0. The van der Waals surface area contributed by atoms with Crippen LogP contribution in [0.5, 0.6) is 0 Å². The van der Waals surface area contributed by atoms with Crippen LogP contribution in [0.4, 0.5) is 4.79 Å². The van der Waals surface area contributed by atoms with Gasteiger partial charge < -0.3 is 19.5 Å². The van der Waals surface area contributed by atoms with Gasteiger partial charge in [-0.1, -0.05) is 0 Å². The Kier molecular flexibility index (Phi) is 4.21. The SMILES string of the molecule is CC(C)(C)OC(=O)N1CC2(CO)CC(C(=O)OC(C)(C)C)(C1)C2. The van der Waals surface area contributed by atoms with Crippen LogP contribution in [0.3, 0.4) is 0 Å². The number of aliphatic hydroxyl groups is 1. The van der Waals surface area contributed by atoms with Crippen LogP contribution in [-0.2, 0) is 14.3 Å². The number of fused-ring (bicyclic) bond motifs is 2. The molecule has 1 N–H and O–H groups in total. The Morgan fingerprint density at radius 2 is 1.52 bits per heavy atom. The highest BCUT2D eigenvalue weighted by atomic mass is 16.6. The van der Waals surface area contributed by atoms with Gasteiger partial charge in [-0.05, 0) is 54.4 Å². The monoisotopic (exact) mass is 327 g/mol.